The van der Waals surface area contributed by atoms with Gasteiger partial charge >= 0.3 is 0 Å². The van der Waals surface area contributed by atoms with Crippen LogP contribution in [0.1, 0.15) is 42.7 Å². The van der Waals surface area contributed by atoms with Gasteiger partial charge in [-0.15, -0.1) is 0 Å². The van der Waals surface area contributed by atoms with Crippen LogP contribution in [0.3, 0.4) is 0 Å². The highest BCUT2D eigenvalue weighted by Crippen LogP contribution is 2.27. The topological polar surface area (TPSA) is 58.4 Å². The number of hydrogen-bond acceptors (Lipinski definition) is 4. The lowest BCUT2D eigenvalue weighted by Crippen LogP contribution is -2.42. The average molecular weight is 277 g/mol. The molecule has 0 spiro atoms. The van der Waals surface area contributed by atoms with Gasteiger partial charge in [-0.2, -0.15) is 0 Å². The normalized spacial score (nSPS) is 23.8. The zero-order valence-corrected chi connectivity index (χ0v) is 12.3. The van der Waals surface area contributed by atoms with Gasteiger partial charge in [0.1, 0.15) is 5.76 Å². The fourth-order valence-corrected chi connectivity index (χ4v) is 3.03. The summed E-state index contributed by atoms with van der Waals surface area (Å²) < 4.78 is 5.20. The molecule has 20 heavy (non-hydrogen) atoms. The Hall–Kier alpha value is -1.36. The van der Waals surface area contributed by atoms with E-state index in [2.05, 4.69) is 15.4 Å². The molecule has 1 aromatic rings. The number of nitrogens with zero attached hydrogens (tertiary/aromatic N) is 2. The van der Waals surface area contributed by atoms with Crippen LogP contribution in [0.4, 0.5) is 0 Å². The largest absolute Gasteiger partial charge is 0.361 e. The van der Waals surface area contributed by atoms with Gasteiger partial charge in [-0.25, -0.2) is 0 Å². The molecule has 1 atom stereocenters. The van der Waals surface area contributed by atoms with Gasteiger partial charge in [0, 0.05) is 37.2 Å². The number of carbonyl (C=O) groups excluding carboxylic acids is 1. The molecule has 1 aliphatic carbocycles. The fourth-order valence-electron chi connectivity index (χ4n) is 3.03. The second kappa shape index (κ2) is 5.56. The predicted molar refractivity (Wildman–Crippen MR) is 75.1 cm³/mol. The summed E-state index contributed by atoms with van der Waals surface area (Å²) in [6.07, 6.45) is 4.39. The fraction of sp³-hybridized carbons (Fsp3) is 0.733. The number of hydrogen-bond donors (Lipinski definition) is 1. The number of likely N-dealkylation sites (tertiary alicyclic amines) is 1. The van der Waals surface area contributed by atoms with Gasteiger partial charge < -0.3 is 9.84 Å². The second-order valence-electron chi connectivity index (χ2n) is 6.16. The Morgan fingerprint density at radius 2 is 2.20 bits per heavy atom. The molecule has 1 saturated heterocycles. The lowest BCUT2D eigenvalue weighted by Gasteiger charge is -2.26. The summed E-state index contributed by atoms with van der Waals surface area (Å²) in [6.45, 7) is 6.78. The van der Waals surface area contributed by atoms with Gasteiger partial charge in [0.2, 0.25) is 5.91 Å². The van der Waals surface area contributed by atoms with E-state index in [0.717, 1.165) is 50.4 Å². The molecule has 1 saturated carbocycles. The van der Waals surface area contributed by atoms with E-state index in [0.29, 0.717) is 6.04 Å². The third-order valence-corrected chi connectivity index (χ3v) is 4.66. The van der Waals surface area contributed by atoms with Crippen LogP contribution in [0.5, 0.6) is 0 Å². The monoisotopic (exact) mass is 277 g/mol. The van der Waals surface area contributed by atoms with E-state index in [1.165, 1.54) is 12.0 Å². The Balaban J connectivity index is 1.50. The SMILES string of the molecule is Cc1noc(C)c1CN1CC[C@H](NC(=O)C2CCC2)C1. The van der Waals surface area contributed by atoms with Gasteiger partial charge in [0.15, 0.2) is 0 Å². The first-order valence-electron chi connectivity index (χ1n) is 7.58. The van der Waals surface area contributed by atoms with Crippen molar-refractivity contribution in [3.8, 4) is 0 Å². The van der Waals surface area contributed by atoms with Crippen LogP contribution in [0.15, 0.2) is 4.52 Å². The third kappa shape index (κ3) is 2.73. The summed E-state index contributed by atoms with van der Waals surface area (Å²) in [6, 6.07) is 0.309. The van der Waals surface area contributed by atoms with Crippen molar-refractivity contribution in [1.82, 2.24) is 15.4 Å². The zero-order chi connectivity index (χ0) is 14.1. The van der Waals surface area contributed by atoms with Crippen LogP contribution in [-0.2, 0) is 11.3 Å². The molecule has 0 bridgehead atoms. The van der Waals surface area contributed by atoms with Crippen LogP contribution in [-0.4, -0.2) is 35.1 Å². The minimum Gasteiger partial charge on any atom is -0.361 e. The maximum atomic E-state index is 12.0. The van der Waals surface area contributed by atoms with Crippen LogP contribution in [0.25, 0.3) is 0 Å². The smallest absolute Gasteiger partial charge is 0.223 e. The van der Waals surface area contributed by atoms with Crippen molar-refractivity contribution in [2.75, 3.05) is 13.1 Å². The number of amides is 1. The summed E-state index contributed by atoms with van der Waals surface area (Å²) in [5.74, 6) is 1.46. The first kappa shape index (κ1) is 13.6. The molecule has 110 valence electrons. The van der Waals surface area contributed by atoms with Crippen LogP contribution in [0.2, 0.25) is 0 Å². The van der Waals surface area contributed by atoms with Crippen molar-refractivity contribution >= 4 is 5.91 Å². The van der Waals surface area contributed by atoms with Gasteiger partial charge in [-0.05, 0) is 33.1 Å². The van der Waals surface area contributed by atoms with Crippen molar-refractivity contribution in [2.24, 2.45) is 5.92 Å². The van der Waals surface area contributed by atoms with E-state index in [9.17, 15) is 4.79 Å². The van der Waals surface area contributed by atoms with Crippen molar-refractivity contribution in [2.45, 2.75) is 52.1 Å². The molecule has 1 amide bonds. The molecule has 5 heteroatoms. The van der Waals surface area contributed by atoms with E-state index in [4.69, 9.17) is 4.52 Å². The maximum absolute atomic E-state index is 12.0. The first-order valence-corrected chi connectivity index (χ1v) is 7.58. The maximum Gasteiger partial charge on any atom is 0.223 e. The van der Waals surface area contributed by atoms with Crippen molar-refractivity contribution in [3.63, 3.8) is 0 Å². The van der Waals surface area contributed by atoms with Gasteiger partial charge in [-0.3, -0.25) is 9.69 Å². The van der Waals surface area contributed by atoms with Crippen LogP contribution < -0.4 is 5.32 Å². The molecule has 1 N–H and O–H groups in total. The molecule has 3 rings (SSSR count). The third-order valence-electron chi connectivity index (χ3n) is 4.66. The zero-order valence-electron chi connectivity index (χ0n) is 12.3. The Labute approximate surface area is 119 Å². The average Bonchev–Trinajstić information content (AvgIpc) is 2.89. The lowest BCUT2D eigenvalue weighted by atomic mass is 9.84. The molecular weight excluding hydrogens is 254 g/mol. The highest BCUT2D eigenvalue weighted by molar-refractivity contribution is 5.79. The van der Waals surface area contributed by atoms with Crippen molar-refractivity contribution in [3.05, 3.63) is 17.0 Å². The first-order chi connectivity index (χ1) is 9.63. The molecule has 2 aliphatic rings. The predicted octanol–water partition coefficient (Wildman–Crippen LogP) is 1.78. The highest BCUT2D eigenvalue weighted by atomic mass is 16.5. The van der Waals surface area contributed by atoms with Gasteiger partial charge in [-0.1, -0.05) is 11.6 Å². The Kier molecular flexibility index (Phi) is 3.78. The van der Waals surface area contributed by atoms with Crippen molar-refractivity contribution < 1.29 is 9.32 Å². The minimum atomic E-state index is 0.264. The summed E-state index contributed by atoms with van der Waals surface area (Å²) >= 11 is 0. The highest BCUT2D eigenvalue weighted by Gasteiger charge is 2.30. The van der Waals surface area contributed by atoms with Crippen LogP contribution in [0, 0.1) is 19.8 Å². The molecule has 5 nitrogen and oxygen atoms in total. The second-order valence-corrected chi connectivity index (χ2v) is 6.16. The standard InChI is InChI=1S/C15H23N3O2/c1-10-14(11(2)20-17-10)9-18-7-6-13(8-18)16-15(19)12-4-3-5-12/h12-13H,3-9H2,1-2H3,(H,16,19)/t13-/m0/s1. The lowest BCUT2D eigenvalue weighted by molar-refractivity contribution is -0.128. The summed E-state index contributed by atoms with van der Waals surface area (Å²) in [5.41, 5.74) is 2.17. The summed E-state index contributed by atoms with van der Waals surface area (Å²) in [7, 11) is 0. The summed E-state index contributed by atoms with van der Waals surface area (Å²) in [5, 5.41) is 7.20. The van der Waals surface area contributed by atoms with E-state index in [1.807, 2.05) is 13.8 Å². The number of aryl methyl sites for hydroxylation is 2. The van der Waals surface area contributed by atoms with E-state index in [1.54, 1.807) is 0 Å². The van der Waals surface area contributed by atoms with E-state index < -0.39 is 0 Å². The molecule has 2 fully saturated rings. The Morgan fingerprint density at radius 3 is 2.80 bits per heavy atom. The van der Waals surface area contributed by atoms with E-state index >= 15 is 0 Å². The number of rotatable bonds is 4. The molecular formula is C15H23N3O2. The number of carbonyl (C=O) groups is 1. The molecule has 1 aromatic heterocycles. The molecule has 0 radical (unpaired) electrons. The van der Waals surface area contributed by atoms with Crippen molar-refractivity contribution in [1.29, 1.82) is 0 Å². The minimum absolute atomic E-state index is 0.264. The number of nitrogens with one attached hydrogen (secondary N) is 1. The van der Waals surface area contributed by atoms with Crippen LogP contribution >= 0.6 is 0 Å². The van der Waals surface area contributed by atoms with Gasteiger partial charge in [0.25, 0.3) is 0 Å². The van der Waals surface area contributed by atoms with Gasteiger partial charge in [0.05, 0.1) is 5.69 Å². The van der Waals surface area contributed by atoms with E-state index in [-0.39, 0.29) is 11.8 Å². The molecule has 0 aromatic carbocycles. The molecule has 2 heterocycles. The Bertz CT molecular complexity index is 474. The molecule has 1 aliphatic heterocycles. The number of aromatic nitrogens is 1. The molecule has 0 unspecified atom stereocenters. The Morgan fingerprint density at radius 1 is 1.40 bits per heavy atom. The summed E-state index contributed by atoms with van der Waals surface area (Å²) in [4.78, 5) is 14.3. The quantitative estimate of drug-likeness (QED) is 0.911.